The second-order valence-electron chi connectivity index (χ2n) is 5.36. The Balaban J connectivity index is 1.71. The summed E-state index contributed by atoms with van der Waals surface area (Å²) >= 11 is 6.28. The molecule has 0 atom stereocenters. The summed E-state index contributed by atoms with van der Waals surface area (Å²) in [7, 11) is 0. The van der Waals surface area contributed by atoms with Crippen LogP contribution in [0.5, 0.6) is 0 Å². The number of imidazole rings is 1. The minimum Gasteiger partial charge on any atom is -0.324 e. The SMILES string of the molecule is Clc1nc(Nc2ccccc2)nc2c1ncn2Cc1ccccc1. The Bertz CT molecular complexity index is 967. The van der Waals surface area contributed by atoms with Crippen molar-refractivity contribution in [2.45, 2.75) is 6.54 Å². The van der Waals surface area contributed by atoms with Crippen molar-refractivity contribution in [1.29, 1.82) is 0 Å². The van der Waals surface area contributed by atoms with Crippen LogP contribution in [0, 0.1) is 0 Å². The summed E-state index contributed by atoms with van der Waals surface area (Å²) in [5.41, 5.74) is 3.38. The van der Waals surface area contributed by atoms with Crippen molar-refractivity contribution in [3.8, 4) is 0 Å². The number of hydrogen-bond acceptors (Lipinski definition) is 4. The van der Waals surface area contributed by atoms with Crippen molar-refractivity contribution in [3.63, 3.8) is 0 Å². The van der Waals surface area contributed by atoms with Crippen molar-refractivity contribution in [2.75, 3.05) is 5.32 Å². The number of halogens is 1. The van der Waals surface area contributed by atoms with Gasteiger partial charge in [0.25, 0.3) is 0 Å². The summed E-state index contributed by atoms with van der Waals surface area (Å²) in [5, 5.41) is 3.51. The number of hydrogen-bond donors (Lipinski definition) is 1. The Morgan fingerprint density at radius 2 is 1.62 bits per heavy atom. The van der Waals surface area contributed by atoms with E-state index in [1.807, 2.05) is 53.1 Å². The zero-order valence-electron chi connectivity index (χ0n) is 12.7. The fourth-order valence-corrected chi connectivity index (χ4v) is 2.73. The predicted octanol–water partition coefficient (Wildman–Crippen LogP) is 4.27. The number of para-hydroxylation sites is 1. The van der Waals surface area contributed by atoms with Crippen molar-refractivity contribution >= 4 is 34.4 Å². The summed E-state index contributed by atoms with van der Waals surface area (Å²) in [6, 6.07) is 19.9. The zero-order chi connectivity index (χ0) is 16.4. The van der Waals surface area contributed by atoms with Crippen molar-refractivity contribution in [2.24, 2.45) is 0 Å². The van der Waals surface area contributed by atoms with Gasteiger partial charge in [0.05, 0.1) is 12.9 Å². The van der Waals surface area contributed by atoms with Gasteiger partial charge in [-0.3, -0.25) is 0 Å². The Kier molecular flexibility index (Phi) is 3.84. The van der Waals surface area contributed by atoms with Gasteiger partial charge in [0, 0.05) is 5.69 Å². The third-order valence-electron chi connectivity index (χ3n) is 3.65. The monoisotopic (exact) mass is 335 g/mol. The van der Waals surface area contributed by atoms with Crippen LogP contribution >= 0.6 is 11.6 Å². The van der Waals surface area contributed by atoms with Crippen LogP contribution in [0.4, 0.5) is 11.6 Å². The molecular formula is C18H14ClN5. The molecule has 0 fully saturated rings. The average molecular weight is 336 g/mol. The Labute approximate surface area is 144 Å². The molecule has 1 N–H and O–H groups in total. The summed E-state index contributed by atoms with van der Waals surface area (Å²) in [6.07, 6.45) is 1.74. The molecule has 0 aliphatic rings. The van der Waals surface area contributed by atoms with E-state index >= 15 is 0 Å². The van der Waals surface area contributed by atoms with E-state index in [2.05, 4.69) is 32.4 Å². The molecule has 0 aliphatic heterocycles. The molecule has 4 rings (SSSR count). The number of fused-ring (bicyclic) bond motifs is 1. The van der Waals surface area contributed by atoms with Crippen LogP contribution in [0.25, 0.3) is 11.2 Å². The van der Waals surface area contributed by atoms with Crippen LogP contribution in [-0.4, -0.2) is 19.5 Å². The van der Waals surface area contributed by atoms with Gasteiger partial charge in [-0.2, -0.15) is 9.97 Å². The van der Waals surface area contributed by atoms with E-state index in [1.54, 1.807) is 6.33 Å². The van der Waals surface area contributed by atoms with Crippen LogP contribution in [0.15, 0.2) is 67.0 Å². The summed E-state index contributed by atoms with van der Waals surface area (Å²) in [4.78, 5) is 13.2. The highest BCUT2D eigenvalue weighted by Crippen LogP contribution is 2.23. The minimum absolute atomic E-state index is 0.338. The number of benzene rings is 2. The molecule has 118 valence electrons. The van der Waals surface area contributed by atoms with E-state index in [0.29, 0.717) is 28.8 Å². The molecule has 0 unspecified atom stereocenters. The molecule has 0 spiro atoms. The molecule has 0 saturated heterocycles. The second kappa shape index (κ2) is 6.29. The number of rotatable bonds is 4. The standard InChI is InChI=1S/C18H14ClN5/c19-16-15-17(23-18(22-16)21-14-9-5-2-6-10-14)24(12-20-15)11-13-7-3-1-4-8-13/h1-10,12H,11H2,(H,21,22,23). The molecule has 6 heteroatoms. The molecule has 0 saturated carbocycles. The van der Waals surface area contributed by atoms with E-state index in [-0.39, 0.29) is 0 Å². The number of nitrogens with one attached hydrogen (secondary N) is 1. The lowest BCUT2D eigenvalue weighted by atomic mass is 10.2. The summed E-state index contributed by atoms with van der Waals surface area (Å²) in [6.45, 7) is 0.676. The van der Waals surface area contributed by atoms with Crippen LogP contribution in [0.1, 0.15) is 5.56 Å². The van der Waals surface area contributed by atoms with Gasteiger partial charge in [-0.25, -0.2) is 4.98 Å². The van der Waals surface area contributed by atoms with Gasteiger partial charge in [-0.05, 0) is 17.7 Å². The van der Waals surface area contributed by atoms with Crippen LogP contribution in [0.2, 0.25) is 5.15 Å². The van der Waals surface area contributed by atoms with Gasteiger partial charge < -0.3 is 9.88 Å². The molecule has 0 aliphatic carbocycles. The van der Waals surface area contributed by atoms with E-state index in [0.717, 1.165) is 5.69 Å². The molecule has 2 heterocycles. The molecule has 0 amide bonds. The summed E-state index contributed by atoms with van der Waals surface area (Å²) < 4.78 is 1.97. The molecule has 24 heavy (non-hydrogen) atoms. The van der Waals surface area contributed by atoms with Crippen molar-refractivity contribution in [3.05, 3.63) is 77.7 Å². The predicted molar refractivity (Wildman–Crippen MR) is 95.6 cm³/mol. The fourth-order valence-electron chi connectivity index (χ4n) is 2.51. The van der Waals surface area contributed by atoms with Crippen molar-refractivity contribution in [1.82, 2.24) is 19.5 Å². The molecule has 5 nitrogen and oxygen atoms in total. The third kappa shape index (κ3) is 2.94. The van der Waals surface area contributed by atoms with E-state index < -0.39 is 0 Å². The zero-order valence-corrected chi connectivity index (χ0v) is 13.5. The van der Waals surface area contributed by atoms with Gasteiger partial charge in [0.2, 0.25) is 5.95 Å². The quantitative estimate of drug-likeness (QED) is 0.566. The first-order chi connectivity index (χ1) is 11.8. The average Bonchev–Trinajstić information content (AvgIpc) is 3.00. The summed E-state index contributed by atoms with van der Waals surface area (Å²) in [5.74, 6) is 0.452. The lowest BCUT2D eigenvalue weighted by Gasteiger charge is -2.07. The Hall–Kier alpha value is -2.92. The first-order valence-corrected chi connectivity index (χ1v) is 7.92. The largest absolute Gasteiger partial charge is 0.324 e. The van der Waals surface area contributed by atoms with Gasteiger partial charge >= 0.3 is 0 Å². The molecule has 0 radical (unpaired) electrons. The lowest BCUT2D eigenvalue weighted by Crippen LogP contribution is -2.02. The van der Waals surface area contributed by atoms with Crippen LogP contribution < -0.4 is 5.32 Å². The number of anilines is 2. The maximum Gasteiger partial charge on any atom is 0.230 e. The highest BCUT2D eigenvalue weighted by atomic mass is 35.5. The molecule has 4 aromatic rings. The van der Waals surface area contributed by atoms with E-state index in [1.165, 1.54) is 5.56 Å². The highest BCUT2D eigenvalue weighted by Gasteiger charge is 2.12. The highest BCUT2D eigenvalue weighted by molar-refractivity contribution is 6.33. The van der Waals surface area contributed by atoms with E-state index in [9.17, 15) is 0 Å². The van der Waals surface area contributed by atoms with Crippen molar-refractivity contribution < 1.29 is 0 Å². The van der Waals surface area contributed by atoms with Gasteiger partial charge in [-0.15, -0.1) is 0 Å². The fraction of sp³-hybridized carbons (Fsp3) is 0.0556. The van der Waals surface area contributed by atoms with Gasteiger partial charge in [0.1, 0.15) is 5.52 Å². The number of aromatic nitrogens is 4. The Morgan fingerprint density at radius 3 is 2.38 bits per heavy atom. The van der Waals surface area contributed by atoms with E-state index in [4.69, 9.17) is 11.6 Å². The Morgan fingerprint density at radius 1 is 0.917 bits per heavy atom. The number of nitrogens with zero attached hydrogens (tertiary/aromatic N) is 4. The molecule has 0 bridgehead atoms. The maximum absolute atomic E-state index is 6.28. The first-order valence-electron chi connectivity index (χ1n) is 7.54. The normalized spacial score (nSPS) is 10.9. The third-order valence-corrected chi connectivity index (χ3v) is 3.91. The molecule has 2 aromatic carbocycles. The second-order valence-corrected chi connectivity index (χ2v) is 5.72. The van der Waals surface area contributed by atoms with Gasteiger partial charge in [0.15, 0.2) is 10.8 Å². The minimum atomic E-state index is 0.338. The van der Waals surface area contributed by atoms with Crippen LogP contribution in [-0.2, 0) is 6.54 Å². The van der Waals surface area contributed by atoms with Gasteiger partial charge in [-0.1, -0.05) is 60.1 Å². The lowest BCUT2D eigenvalue weighted by molar-refractivity contribution is 0.814. The molecular weight excluding hydrogens is 322 g/mol. The smallest absolute Gasteiger partial charge is 0.230 e. The topological polar surface area (TPSA) is 55.6 Å². The van der Waals surface area contributed by atoms with Crippen LogP contribution in [0.3, 0.4) is 0 Å². The first kappa shape index (κ1) is 14.7. The maximum atomic E-state index is 6.28. The molecule has 2 aromatic heterocycles.